The zero-order valence-electron chi connectivity index (χ0n) is 9.80. The third kappa shape index (κ3) is 6.31. The summed E-state index contributed by atoms with van der Waals surface area (Å²) in [5.74, 6) is 0. The van der Waals surface area contributed by atoms with E-state index in [-0.39, 0.29) is 0 Å². The molecular formula is C12H16Br2N2O. The van der Waals surface area contributed by atoms with Crippen molar-refractivity contribution in [3.05, 3.63) is 39.1 Å². The molecule has 1 N–H and O–H groups in total. The predicted molar refractivity (Wildman–Crippen MR) is 77.0 cm³/mol. The Morgan fingerprint density at radius 1 is 1.53 bits per heavy atom. The Balaban J connectivity index is 2.20. The van der Waals surface area contributed by atoms with Gasteiger partial charge in [-0.3, -0.25) is 4.98 Å². The molecule has 1 aromatic rings. The average Bonchev–Trinajstić information content (AvgIpc) is 2.25. The molecule has 0 saturated carbocycles. The van der Waals surface area contributed by atoms with Crippen LogP contribution in [0.4, 0.5) is 0 Å². The van der Waals surface area contributed by atoms with Crippen molar-refractivity contribution in [1.82, 2.24) is 10.3 Å². The van der Waals surface area contributed by atoms with E-state index in [4.69, 9.17) is 4.74 Å². The van der Waals surface area contributed by atoms with Crippen LogP contribution in [-0.4, -0.2) is 24.7 Å². The summed E-state index contributed by atoms with van der Waals surface area (Å²) < 4.78 is 7.35. The molecule has 3 nitrogen and oxygen atoms in total. The van der Waals surface area contributed by atoms with Crippen LogP contribution in [0.1, 0.15) is 12.6 Å². The molecule has 0 atom stereocenters. The van der Waals surface area contributed by atoms with Crippen LogP contribution < -0.4 is 5.32 Å². The van der Waals surface area contributed by atoms with E-state index < -0.39 is 0 Å². The lowest BCUT2D eigenvalue weighted by atomic mass is 10.3. The second-order valence-electron chi connectivity index (χ2n) is 3.77. The number of ether oxygens (including phenoxy) is 1. The summed E-state index contributed by atoms with van der Waals surface area (Å²) in [6.45, 7) is 8.57. The number of nitrogens with zero attached hydrogens (tertiary/aromatic N) is 1. The topological polar surface area (TPSA) is 34.1 Å². The van der Waals surface area contributed by atoms with Gasteiger partial charge in [-0.05, 0) is 44.8 Å². The summed E-state index contributed by atoms with van der Waals surface area (Å²) in [5, 5.41) is 3.27. The molecule has 0 aromatic carbocycles. The molecule has 5 heteroatoms. The largest absolute Gasteiger partial charge is 0.376 e. The Morgan fingerprint density at radius 2 is 2.29 bits per heavy atom. The molecule has 1 rings (SSSR count). The van der Waals surface area contributed by atoms with Gasteiger partial charge < -0.3 is 10.1 Å². The third-order valence-electron chi connectivity index (χ3n) is 1.95. The highest BCUT2D eigenvalue weighted by molar-refractivity contribution is 9.11. The maximum Gasteiger partial charge on any atom is 0.0684 e. The molecule has 1 aromatic heterocycles. The summed E-state index contributed by atoms with van der Waals surface area (Å²) >= 11 is 6.84. The molecule has 0 unspecified atom stereocenters. The van der Waals surface area contributed by atoms with E-state index in [0.29, 0.717) is 13.2 Å². The van der Waals surface area contributed by atoms with Gasteiger partial charge in [-0.1, -0.05) is 12.2 Å². The molecule has 0 aliphatic rings. The monoisotopic (exact) mass is 362 g/mol. The average molecular weight is 364 g/mol. The minimum absolute atomic E-state index is 0.627. The van der Waals surface area contributed by atoms with Crippen molar-refractivity contribution in [1.29, 1.82) is 0 Å². The van der Waals surface area contributed by atoms with Gasteiger partial charge in [0.15, 0.2) is 0 Å². The van der Waals surface area contributed by atoms with E-state index in [1.54, 1.807) is 6.20 Å². The Morgan fingerprint density at radius 3 is 2.94 bits per heavy atom. The number of aromatic nitrogens is 1. The number of nitrogens with one attached hydrogen (secondary N) is 1. The van der Waals surface area contributed by atoms with Crippen LogP contribution in [0.2, 0.25) is 0 Å². The third-order valence-corrected chi connectivity index (χ3v) is 3.07. The van der Waals surface area contributed by atoms with Crippen LogP contribution in [-0.2, 0) is 11.3 Å². The molecule has 0 bridgehead atoms. The number of pyridine rings is 1. The molecule has 94 valence electrons. The lowest BCUT2D eigenvalue weighted by Crippen LogP contribution is -2.20. The minimum atomic E-state index is 0.627. The standard InChI is InChI=1S/C12H16Br2N2O/c1-9(2)8-17-4-3-15-7-12-11(14)5-10(13)6-16-12/h5-6,15H,1,3-4,7-8H2,2H3. The fourth-order valence-corrected chi connectivity index (χ4v) is 2.30. The lowest BCUT2D eigenvalue weighted by Gasteiger charge is -2.07. The van der Waals surface area contributed by atoms with Gasteiger partial charge in [0.25, 0.3) is 0 Å². The number of hydrogen-bond donors (Lipinski definition) is 1. The van der Waals surface area contributed by atoms with Crippen LogP contribution in [0.25, 0.3) is 0 Å². The molecule has 0 aliphatic carbocycles. The first-order valence-electron chi connectivity index (χ1n) is 5.32. The molecule has 0 amide bonds. The zero-order chi connectivity index (χ0) is 12.7. The summed E-state index contributed by atoms with van der Waals surface area (Å²) in [6, 6.07) is 1.99. The summed E-state index contributed by atoms with van der Waals surface area (Å²) in [6.07, 6.45) is 1.79. The maximum atomic E-state index is 5.38. The Kier molecular flexibility index (Phi) is 6.96. The van der Waals surface area contributed by atoms with Gasteiger partial charge in [0, 0.05) is 28.2 Å². The van der Waals surface area contributed by atoms with Crippen LogP contribution in [0.3, 0.4) is 0 Å². The Bertz CT molecular complexity index is 383. The van der Waals surface area contributed by atoms with E-state index in [2.05, 4.69) is 48.7 Å². The first-order valence-corrected chi connectivity index (χ1v) is 6.91. The highest BCUT2D eigenvalue weighted by Gasteiger charge is 2.01. The second kappa shape index (κ2) is 7.97. The number of halogens is 2. The maximum absolute atomic E-state index is 5.38. The van der Waals surface area contributed by atoms with Crippen molar-refractivity contribution in [2.24, 2.45) is 0 Å². The first kappa shape index (κ1) is 14.8. The van der Waals surface area contributed by atoms with Gasteiger partial charge in [-0.15, -0.1) is 0 Å². The number of rotatable bonds is 7. The van der Waals surface area contributed by atoms with Gasteiger partial charge in [0.2, 0.25) is 0 Å². The van der Waals surface area contributed by atoms with Crippen LogP contribution in [0.5, 0.6) is 0 Å². The van der Waals surface area contributed by atoms with E-state index in [1.165, 1.54) is 0 Å². The second-order valence-corrected chi connectivity index (χ2v) is 5.54. The van der Waals surface area contributed by atoms with Crippen molar-refractivity contribution >= 4 is 31.9 Å². The van der Waals surface area contributed by atoms with Gasteiger partial charge >= 0.3 is 0 Å². The molecule has 17 heavy (non-hydrogen) atoms. The van der Waals surface area contributed by atoms with Gasteiger partial charge in [-0.25, -0.2) is 0 Å². The molecule has 0 saturated heterocycles. The van der Waals surface area contributed by atoms with Gasteiger partial charge in [0.1, 0.15) is 0 Å². The summed E-state index contributed by atoms with van der Waals surface area (Å²) in [4.78, 5) is 4.31. The Hall–Kier alpha value is -0.230. The van der Waals surface area contributed by atoms with Crippen molar-refractivity contribution in [3.8, 4) is 0 Å². The van der Waals surface area contributed by atoms with Crippen LogP contribution in [0, 0.1) is 0 Å². The van der Waals surface area contributed by atoms with Crippen molar-refractivity contribution in [2.45, 2.75) is 13.5 Å². The zero-order valence-corrected chi connectivity index (χ0v) is 13.0. The van der Waals surface area contributed by atoms with E-state index >= 15 is 0 Å². The summed E-state index contributed by atoms with van der Waals surface area (Å²) in [7, 11) is 0. The molecule has 1 heterocycles. The SMILES string of the molecule is C=C(C)COCCNCc1ncc(Br)cc1Br. The molecular weight excluding hydrogens is 348 g/mol. The normalized spacial score (nSPS) is 10.5. The van der Waals surface area contributed by atoms with Crippen molar-refractivity contribution < 1.29 is 4.74 Å². The van der Waals surface area contributed by atoms with E-state index in [1.807, 2.05) is 13.0 Å². The smallest absolute Gasteiger partial charge is 0.0684 e. The molecule has 0 fully saturated rings. The van der Waals surface area contributed by atoms with Gasteiger partial charge in [0.05, 0.1) is 18.9 Å². The van der Waals surface area contributed by atoms with Crippen LogP contribution >= 0.6 is 31.9 Å². The van der Waals surface area contributed by atoms with Crippen molar-refractivity contribution in [2.75, 3.05) is 19.8 Å². The summed E-state index contributed by atoms with van der Waals surface area (Å²) in [5.41, 5.74) is 2.04. The fraction of sp³-hybridized carbons (Fsp3) is 0.417. The van der Waals surface area contributed by atoms with E-state index in [9.17, 15) is 0 Å². The Labute approximate surface area is 119 Å². The number of hydrogen-bond acceptors (Lipinski definition) is 3. The predicted octanol–water partition coefficient (Wildman–Crippen LogP) is 3.29. The van der Waals surface area contributed by atoms with Gasteiger partial charge in [-0.2, -0.15) is 0 Å². The van der Waals surface area contributed by atoms with E-state index in [0.717, 1.165) is 33.3 Å². The first-order chi connectivity index (χ1) is 8.09. The quantitative estimate of drug-likeness (QED) is 0.596. The molecule has 0 spiro atoms. The fourth-order valence-electron chi connectivity index (χ4n) is 1.17. The highest BCUT2D eigenvalue weighted by Crippen LogP contribution is 2.19. The molecule has 0 radical (unpaired) electrons. The highest BCUT2D eigenvalue weighted by atomic mass is 79.9. The molecule has 0 aliphatic heterocycles. The van der Waals surface area contributed by atoms with Crippen LogP contribution in [0.15, 0.2) is 33.4 Å². The van der Waals surface area contributed by atoms with Crippen molar-refractivity contribution in [3.63, 3.8) is 0 Å². The minimum Gasteiger partial charge on any atom is -0.376 e. The lowest BCUT2D eigenvalue weighted by molar-refractivity contribution is 0.157.